The Balaban J connectivity index is 1.68. The molecule has 172 valence electrons. The molecule has 0 atom stereocenters. The number of aromatic nitrogens is 2. The molecule has 0 saturated carbocycles. The van der Waals surface area contributed by atoms with Crippen LogP contribution in [0.1, 0.15) is 45.8 Å². The first-order valence-electron chi connectivity index (χ1n) is 11.0. The second-order valence-corrected chi connectivity index (χ2v) is 7.73. The summed E-state index contributed by atoms with van der Waals surface area (Å²) in [6.45, 7) is 3.86. The van der Waals surface area contributed by atoms with Gasteiger partial charge in [-0.05, 0) is 43.7 Å². The molecule has 7 nitrogen and oxygen atoms in total. The number of hydrogen-bond acceptors (Lipinski definition) is 6. The van der Waals surface area contributed by atoms with E-state index in [-0.39, 0.29) is 30.2 Å². The highest BCUT2D eigenvalue weighted by molar-refractivity contribution is 6.02. The number of nitrogens with zero attached hydrogens (tertiary/aromatic N) is 2. The highest BCUT2D eigenvalue weighted by Crippen LogP contribution is 2.23. The predicted molar refractivity (Wildman–Crippen MR) is 128 cm³/mol. The summed E-state index contributed by atoms with van der Waals surface area (Å²) in [7, 11) is 0. The molecule has 0 saturated heterocycles. The van der Waals surface area contributed by atoms with Crippen LogP contribution in [0.25, 0.3) is 10.8 Å². The first-order valence-corrected chi connectivity index (χ1v) is 11.0. The average Bonchev–Trinajstić information content (AvgIpc) is 2.85. The summed E-state index contributed by atoms with van der Waals surface area (Å²) in [5, 5.41) is 5.16. The van der Waals surface area contributed by atoms with E-state index in [1.807, 2.05) is 37.3 Å². The van der Waals surface area contributed by atoms with Gasteiger partial charge in [-0.25, -0.2) is 9.48 Å². The number of ketones is 1. The van der Waals surface area contributed by atoms with Crippen molar-refractivity contribution in [2.45, 2.75) is 27.0 Å². The lowest BCUT2D eigenvalue weighted by molar-refractivity contribution is 0.0462. The van der Waals surface area contributed by atoms with Crippen molar-refractivity contribution >= 4 is 22.5 Å². The number of Topliss-reactive ketones (excluding diaryl/α,β-unsaturated/α-hetero) is 1. The molecule has 4 rings (SSSR count). The highest BCUT2D eigenvalue weighted by Gasteiger charge is 2.19. The van der Waals surface area contributed by atoms with Gasteiger partial charge in [-0.2, -0.15) is 5.10 Å². The van der Waals surface area contributed by atoms with Gasteiger partial charge in [-0.1, -0.05) is 48.5 Å². The third-order valence-corrected chi connectivity index (χ3v) is 5.36. The number of hydrogen-bond donors (Lipinski definition) is 0. The van der Waals surface area contributed by atoms with Crippen LogP contribution < -0.4 is 10.3 Å². The molecular weight excluding hydrogens is 432 g/mol. The fraction of sp³-hybridized carbons (Fsp3) is 0.185. The minimum atomic E-state index is -0.673. The van der Waals surface area contributed by atoms with Gasteiger partial charge in [-0.3, -0.25) is 9.59 Å². The Kier molecular flexibility index (Phi) is 6.82. The lowest BCUT2D eigenvalue weighted by Crippen LogP contribution is -2.27. The van der Waals surface area contributed by atoms with Crippen LogP contribution in [0.2, 0.25) is 0 Å². The second-order valence-electron chi connectivity index (χ2n) is 7.73. The van der Waals surface area contributed by atoms with Crippen molar-refractivity contribution in [2.24, 2.45) is 0 Å². The maximum atomic E-state index is 13.1. The standard InChI is InChI=1S/C27H24N2O5/c1-3-33-24-14-13-20(18(2)30)15-21(24)17-34-27(32)25-22-11-7-8-12-23(22)26(31)29(28-25)16-19-9-5-4-6-10-19/h4-15H,3,16-17H2,1-2H3. The first-order chi connectivity index (χ1) is 16.5. The van der Waals surface area contributed by atoms with Gasteiger partial charge in [0.15, 0.2) is 11.5 Å². The Labute approximate surface area is 196 Å². The van der Waals surface area contributed by atoms with Gasteiger partial charge >= 0.3 is 5.97 Å². The third-order valence-electron chi connectivity index (χ3n) is 5.36. The van der Waals surface area contributed by atoms with E-state index >= 15 is 0 Å². The number of carbonyl (C=O) groups excluding carboxylic acids is 2. The molecule has 0 aliphatic rings. The summed E-state index contributed by atoms with van der Waals surface area (Å²) in [5.41, 5.74) is 1.71. The molecule has 0 N–H and O–H groups in total. The summed E-state index contributed by atoms with van der Waals surface area (Å²) in [5.74, 6) is -0.239. The Hall–Kier alpha value is -4.26. The SMILES string of the molecule is CCOc1ccc(C(C)=O)cc1COC(=O)c1nn(Cc2ccccc2)c(=O)c2ccccc12. The van der Waals surface area contributed by atoms with Gasteiger partial charge in [0.1, 0.15) is 12.4 Å². The van der Waals surface area contributed by atoms with E-state index in [0.29, 0.717) is 34.3 Å². The van der Waals surface area contributed by atoms with E-state index in [1.165, 1.54) is 11.6 Å². The first kappa shape index (κ1) is 22.9. The van der Waals surface area contributed by atoms with Crippen LogP contribution in [-0.2, 0) is 17.9 Å². The molecule has 0 aliphatic carbocycles. The number of ether oxygens (including phenoxy) is 2. The van der Waals surface area contributed by atoms with Gasteiger partial charge in [-0.15, -0.1) is 0 Å². The van der Waals surface area contributed by atoms with Crippen molar-refractivity contribution in [1.82, 2.24) is 9.78 Å². The van der Waals surface area contributed by atoms with Crippen LogP contribution in [0.5, 0.6) is 5.75 Å². The van der Waals surface area contributed by atoms with E-state index in [1.54, 1.807) is 42.5 Å². The summed E-state index contributed by atoms with van der Waals surface area (Å²) in [6.07, 6.45) is 0. The average molecular weight is 456 g/mol. The third kappa shape index (κ3) is 4.88. The van der Waals surface area contributed by atoms with Gasteiger partial charge in [0.05, 0.1) is 18.5 Å². The summed E-state index contributed by atoms with van der Waals surface area (Å²) in [6, 6.07) is 21.3. The molecule has 34 heavy (non-hydrogen) atoms. The molecule has 0 aliphatic heterocycles. The minimum Gasteiger partial charge on any atom is -0.493 e. The lowest BCUT2D eigenvalue weighted by atomic mass is 10.1. The van der Waals surface area contributed by atoms with Crippen molar-refractivity contribution in [2.75, 3.05) is 6.61 Å². The molecule has 0 amide bonds. The molecule has 4 aromatic rings. The van der Waals surface area contributed by atoms with E-state index in [2.05, 4.69) is 5.10 Å². The number of esters is 1. The zero-order valence-corrected chi connectivity index (χ0v) is 19.0. The Morgan fingerprint density at radius 2 is 1.65 bits per heavy atom. The van der Waals surface area contributed by atoms with Gasteiger partial charge in [0, 0.05) is 16.5 Å². The Morgan fingerprint density at radius 1 is 0.941 bits per heavy atom. The van der Waals surface area contributed by atoms with Crippen LogP contribution in [0.15, 0.2) is 77.6 Å². The van der Waals surface area contributed by atoms with Crippen LogP contribution in [0, 0.1) is 0 Å². The molecule has 1 aromatic heterocycles. The quantitative estimate of drug-likeness (QED) is 0.288. The van der Waals surface area contributed by atoms with Crippen molar-refractivity contribution in [1.29, 1.82) is 0 Å². The molecule has 0 radical (unpaired) electrons. The lowest BCUT2D eigenvalue weighted by Gasteiger charge is -2.13. The molecule has 1 heterocycles. The monoisotopic (exact) mass is 456 g/mol. The van der Waals surface area contributed by atoms with Gasteiger partial charge in [0.2, 0.25) is 0 Å². The van der Waals surface area contributed by atoms with E-state index < -0.39 is 5.97 Å². The zero-order chi connectivity index (χ0) is 24.1. The van der Waals surface area contributed by atoms with E-state index in [0.717, 1.165) is 5.56 Å². The normalized spacial score (nSPS) is 10.8. The second kappa shape index (κ2) is 10.1. The number of fused-ring (bicyclic) bond motifs is 1. The number of carbonyl (C=O) groups is 2. The fourth-order valence-corrected chi connectivity index (χ4v) is 3.67. The molecular formula is C27H24N2O5. The van der Waals surface area contributed by atoms with Crippen LogP contribution >= 0.6 is 0 Å². The van der Waals surface area contributed by atoms with Gasteiger partial charge < -0.3 is 9.47 Å². The molecule has 0 unspecified atom stereocenters. The molecule has 0 spiro atoms. The zero-order valence-electron chi connectivity index (χ0n) is 19.0. The summed E-state index contributed by atoms with van der Waals surface area (Å²) < 4.78 is 12.5. The van der Waals surface area contributed by atoms with E-state index in [4.69, 9.17) is 9.47 Å². The minimum absolute atomic E-state index is 0.0480. The van der Waals surface area contributed by atoms with Crippen molar-refractivity contribution in [3.63, 3.8) is 0 Å². The van der Waals surface area contributed by atoms with Crippen molar-refractivity contribution in [3.05, 3.63) is 106 Å². The smallest absolute Gasteiger partial charge is 0.359 e. The van der Waals surface area contributed by atoms with Gasteiger partial charge in [0.25, 0.3) is 5.56 Å². The highest BCUT2D eigenvalue weighted by atomic mass is 16.5. The van der Waals surface area contributed by atoms with Crippen LogP contribution in [-0.4, -0.2) is 28.1 Å². The summed E-state index contributed by atoms with van der Waals surface area (Å²) in [4.78, 5) is 37.9. The largest absolute Gasteiger partial charge is 0.493 e. The number of benzene rings is 3. The van der Waals surface area contributed by atoms with E-state index in [9.17, 15) is 14.4 Å². The Bertz CT molecular complexity index is 1410. The molecule has 3 aromatic carbocycles. The van der Waals surface area contributed by atoms with Crippen molar-refractivity contribution < 1.29 is 19.1 Å². The molecule has 0 bridgehead atoms. The molecule has 7 heteroatoms. The maximum Gasteiger partial charge on any atom is 0.359 e. The summed E-state index contributed by atoms with van der Waals surface area (Å²) >= 11 is 0. The Morgan fingerprint density at radius 3 is 2.35 bits per heavy atom. The van der Waals surface area contributed by atoms with Crippen LogP contribution in [0.3, 0.4) is 0 Å². The topological polar surface area (TPSA) is 87.5 Å². The van der Waals surface area contributed by atoms with Crippen LogP contribution in [0.4, 0.5) is 0 Å². The fourth-order valence-electron chi connectivity index (χ4n) is 3.67. The predicted octanol–water partition coefficient (Wildman–Crippen LogP) is 4.40. The maximum absolute atomic E-state index is 13.1. The molecule has 0 fully saturated rings. The van der Waals surface area contributed by atoms with Crippen molar-refractivity contribution in [3.8, 4) is 5.75 Å². The number of rotatable bonds is 8.